The van der Waals surface area contributed by atoms with Gasteiger partial charge in [-0.2, -0.15) is 18.2 Å². The van der Waals surface area contributed by atoms with Crippen molar-refractivity contribution in [3.8, 4) is 0 Å². The quantitative estimate of drug-likeness (QED) is 0.186. The molecule has 9 nitrogen and oxygen atoms in total. The topological polar surface area (TPSA) is 103 Å². The molecule has 0 saturated carbocycles. The lowest BCUT2D eigenvalue weighted by Gasteiger charge is -2.33. The molecule has 2 aliphatic rings. The molecule has 1 saturated heterocycles. The van der Waals surface area contributed by atoms with Crippen molar-refractivity contribution >= 4 is 34.6 Å². The Morgan fingerprint density at radius 3 is 2.47 bits per heavy atom. The predicted molar refractivity (Wildman–Crippen MR) is 167 cm³/mol. The maximum atomic E-state index is 12.5. The molecule has 1 amide bonds. The molecule has 0 spiro atoms. The number of rotatable bonds is 7. The Balaban J connectivity index is 1.07. The van der Waals surface area contributed by atoms with E-state index in [0.29, 0.717) is 36.3 Å². The molecule has 2 N–H and O–H groups in total. The summed E-state index contributed by atoms with van der Waals surface area (Å²) in [5.74, 6) is 0.853. The van der Waals surface area contributed by atoms with Crippen LogP contribution in [0, 0.1) is 12.3 Å². The van der Waals surface area contributed by atoms with Gasteiger partial charge in [0, 0.05) is 72.9 Å². The molecule has 4 aromatic rings. The van der Waals surface area contributed by atoms with Gasteiger partial charge in [0.2, 0.25) is 11.9 Å². The maximum Gasteiger partial charge on any atom is 0.389 e. The van der Waals surface area contributed by atoms with Crippen LogP contribution in [-0.4, -0.2) is 73.5 Å². The first kappa shape index (κ1) is 30.3. The number of amides is 1. The minimum atomic E-state index is -4.34. The number of aromatic nitrogens is 4. The molecule has 6 rings (SSSR count). The van der Waals surface area contributed by atoms with Crippen LogP contribution in [0.5, 0.6) is 0 Å². The van der Waals surface area contributed by atoms with Crippen LogP contribution >= 0.6 is 0 Å². The number of hydrogen-bond donors (Lipinski definition) is 2. The van der Waals surface area contributed by atoms with Gasteiger partial charge in [-0.1, -0.05) is 12.1 Å². The minimum Gasteiger partial charge on any atom is -0.357 e. The monoisotopic (exact) mass is 616 g/mol. The second-order valence-electron chi connectivity index (χ2n) is 11.6. The van der Waals surface area contributed by atoms with Crippen molar-refractivity contribution in [3.05, 3.63) is 89.4 Å². The molecule has 5 heterocycles. The van der Waals surface area contributed by atoms with Gasteiger partial charge in [-0.05, 0) is 80.3 Å². The lowest BCUT2D eigenvalue weighted by Crippen LogP contribution is -2.38. The van der Waals surface area contributed by atoms with Crippen LogP contribution in [0.1, 0.15) is 60.5 Å². The third-order valence-electron chi connectivity index (χ3n) is 8.45. The Morgan fingerprint density at radius 1 is 1.00 bits per heavy atom. The van der Waals surface area contributed by atoms with E-state index in [-0.39, 0.29) is 6.54 Å². The fourth-order valence-electron chi connectivity index (χ4n) is 5.97. The molecule has 0 unspecified atom stereocenters. The Hall–Kier alpha value is -4.74. The minimum absolute atomic E-state index is 0.260. The molecule has 0 aliphatic carbocycles. The summed E-state index contributed by atoms with van der Waals surface area (Å²) in [7, 11) is 0. The highest BCUT2D eigenvalue weighted by Gasteiger charge is 2.30. The number of alkyl halides is 3. The second kappa shape index (κ2) is 12.7. The predicted octanol–water partition coefficient (Wildman–Crippen LogP) is 6.34. The first-order valence-electron chi connectivity index (χ1n) is 15.2. The SMILES string of the molecule is Cc1cccc(C2CCN(C(=N)c3ccc(Nc4nc5c(C6=CCN(C(=O)CCC(F)(F)F)CC6)cccn5n4)cc3)CC2)n1. The Morgan fingerprint density at radius 2 is 1.78 bits per heavy atom. The molecule has 234 valence electrons. The molecule has 12 heteroatoms. The van der Waals surface area contributed by atoms with Crippen LogP contribution in [0.4, 0.5) is 24.8 Å². The van der Waals surface area contributed by atoms with Gasteiger partial charge in [0.15, 0.2) is 5.65 Å². The summed E-state index contributed by atoms with van der Waals surface area (Å²) in [6.45, 7) is 4.26. The van der Waals surface area contributed by atoms with Crippen LogP contribution in [0.3, 0.4) is 0 Å². The summed E-state index contributed by atoms with van der Waals surface area (Å²) >= 11 is 0. The number of piperidine rings is 1. The van der Waals surface area contributed by atoms with E-state index < -0.39 is 24.9 Å². The van der Waals surface area contributed by atoms with E-state index in [1.54, 1.807) is 10.7 Å². The molecular weight excluding hydrogens is 581 g/mol. The summed E-state index contributed by atoms with van der Waals surface area (Å²) < 4.78 is 39.3. The highest BCUT2D eigenvalue weighted by molar-refractivity contribution is 5.96. The molecule has 1 fully saturated rings. The number of carbonyl (C=O) groups excluding carboxylic acids is 1. The van der Waals surface area contributed by atoms with Crippen molar-refractivity contribution in [2.24, 2.45) is 0 Å². The van der Waals surface area contributed by atoms with Gasteiger partial charge in [-0.15, -0.1) is 5.10 Å². The number of carbonyl (C=O) groups is 1. The Labute approximate surface area is 259 Å². The van der Waals surface area contributed by atoms with E-state index in [4.69, 9.17) is 15.4 Å². The fourth-order valence-corrected chi connectivity index (χ4v) is 5.97. The molecule has 0 bridgehead atoms. The molecular formula is C33H35F3N8O. The summed E-state index contributed by atoms with van der Waals surface area (Å²) in [6, 6.07) is 17.6. The third-order valence-corrected chi connectivity index (χ3v) is 8.45. The van der Waals surface area contributed by atoms with Crippen molar-refractivity contribution in [3.63, 3.8) is 0 Å². The van der Waals surface area contributed by atoms with Crippen LogP contribution in [0.25, 0.3) is 11.2 Å². The first-order chi connectivity index (χ1) is 21.6. The third kappa shape index (κ3) is 7.16. The number of amidine groups is 1. The molecule has 45 heavy (non-hydrogen) atoms. The van der Waals surface area contributed by atoms with Gasteiger partial charge in [-0.25, -0.2) is 4.52 Å². The highest BCUT2D eigenvalue weighted by atomic mass is 19.4. The second-order valence-corrected chi connectivity index (χ2v) is 11.6. The zero-order chi connectivity index (χ0) is 31.6. The van der Waals surface area contributed by atoms with Crippen LogP contribution in [0.15, 0.2) is 66.9 Å². The van der Waals surface area contributed by atoms with E-state index in [1.807, 2.05) is 55.5 Å². The number of halogens is 3. The smallest absolute Gasteiger partial charge is 0.357 e. The van der Waals surface area contributed by atoms with E-state index in [0.717, 1.165) is 59.7 Å². The van der Waals surface area contributed by atoms with E-state index in [1.165, 1.54) is 4.90 Å². The fraction of sp³-hybridized carbons (Fsp3) is 0.364. The number of hydrogen-bond acceptors (Lipinski definition) is 6. The Bertz CT molecular complexity index is 1720. The molecule has 1 aromatic carbocycles. The zero-order valence-corrected chi connectivity index (χ0v) is 25.0. The summed E-state index contributed by atoms with van der Waals surface area (Å²) in [5, 5.41) is 16.6. The van der Waals surface area contributed by atoms with Crippen molar-refractivity contribution in [2.75, 3.05) is 31.5 Å². The Kier molecular flexibility index (Phi) is 8.55. The lowest BCUT2D eigenvalue weighted by molar-refractivity contribution is -0.148. The van der Waals surface area contributed by atoms with Crippen LogP contribution in [-0.2, 0) is 4.79 Å². The normalized spacial score (nSPS) is 16.1. The maximum absolute atomic E-state index is 12.5. The number of benzene rings is 1. The van der Waals surface area contributed by atoms with E-state index in [2.05, 4.69) is 27.4 Å². The van der Waals surface area contributed by atoms with Gasteiger partial charge >= 0.3 is 6.18 Å². The largest absolute Gasteiger partial charge is 0.389 e. The average Bonchev–Trinajstić information content (AvgIpc) is 3.46. The number of likely N-dealkylation sites (tertiary alicyclic amines) is 1. The number of anilines is 2. The molecule has 0 atom stereocenters. The number of nitrogens with one attached hydrogen (secondary N) is 2. The van der Waals surface area contributed by atoms with Crippen molar-refractivity contribution < 1.29 is 18.0 Å². The van der Waals surface area contributed by atoms with Gasteiger partial charge in [0.1, 0.15) is 5.84 Å². The number of pyridine rings is 2. The molecule has 3 aromatic heterocycles. The first-order valence-corrected chi connectivity index (χ1v) is 15.2. The van der Waals surface area contributed by atoms with Crippen molar-refractivity contribution in [1.82, 2.24) is 29.4 Å². The van der Waals surface area contributed by atoms with E-state index >= 15 is 0 Å². The number of aryl methyl sites for hydroxylation is 1. The van der Waals surface area contributed by atoms with Crippen molar-refractivity contribution in [1.29, 1.82) is 5.41 Å². The lowest BCUT2D eigenvalue weighted by atomic mass is 9.92. The zero-order valence-electron chi connectivity index (χ0n) is 25.0. The highest BCUT2D eigenvalue weighted by Crippen LogP contribution is 2.29. The van der Waals surface area contributed by atoms with E-state index in [9.17, 15) is 18.0 Å². The summed E-state index contributed by atoms with van der Waals surface area (Å²) in [4.78, 5) is 25.2. The average molecular weight is 617 g/mol. The van der Waals surface area contributed by atoms with Crippen LogP contribution < -0.4 is 5.32 Å². The van der Waals surface area contributed by atoms with Gasteiger partial charge in [0.25, 0.3) is 0 Å². The van der Waals surface area contributed by atoms with Gasteiger partial charge < -0.3 is 15.1 Å². The summed E-state index contributed by atoms with van der Waals surface area (Å²) in [5.41, 5.74) is 6.29. The van der Waals surface area contributed by atoms with Crippen LogP contribution in [0.2, 0.25) is 0 Å². The number of nitrogens with zero attached hydrogens (tertiary/aromatic N) is 6. The van der Waals surface area contributed by atoms with Gasteiger partial charge in [0.05, 0.1) is 6.42 Å². The van der Waals surface area contributed by atoms with Gasteiger partial charge in [-0.3, -0.25) is 15.2 Å². The summed E-state index contributed by atoms with van der Waals surface area (Å²) in [6.07, 6.45) is 0.146. The standard InChI is InChI=1S/C33H35F3N8O/c1-22-4-2-6-28(38-22)24-14-20-43(21-15-24)30(37)25-7-9-26(10-8-25)39-32-40-31-27(5-3-17-44(31)41-32)23-12-18-42(19-13-23)29(45)11-16-33(34,35)36/h2-10,12,17,24,37H,11,13-16,18-21H2,1H3,(H,39,41). The van der Waals surface area contributed by atoms with Crippen molar-refractivity contribution in [2.45, 2.75) is 51.1 Å². The molecule has 2 aliphatic heterocycles. The molecule has 0 radical (unpaired) electrons. The number of fused-ring (bicyclic) bond motifs is 1.